The average molecular weight is 300 g/mol. The molecule has 0 spiro atoms. The highest BCUT2D eigenvalue weighted by Gasteiger charge is 2.26. The van der Waals surface area contributed by atoms with E-state index in [0.29, 0.717) is 22.7 Å². The molecule has 3 rings (SSSR count). The molecular weight excluding hydrogens is 286 g/mol. The van der Waals surface area contributed by atoms with Crippen LogP contribution in [0, 0.1) is 0 Å². The number of rotatable bonds is 1. The molecule has 2 N–H and O–H groups in total. The molecule has 0 amide bonds. The third-order valence-electron chi connectivity index (χ3n) is 3.38. The number of nitrogens with zero attached hydrogens (tertiary/aromatic N) is 1. The molecular formula is C12H14ClN3O2S. The van der Waals surface area contributed by atoms with Crippen LogP contribution in [-0.2, 0) is 10.0 Å². The minimum Gasteiger partial charge on any atom is -0.352 e. The maximum Gasteiger partial charge on any atom is 0.287 e. The van der Waals surface area contributed by atoms with Crippen molar-refractivity contribution in [1.82, 2.24) is 5.32 Å². The first kappa shape index (κ1) is 12.7. The van der Waals surface area contributed by atoms with Gasteiger partial charge in [0.05, 0.1) is 5.69 Å². The van der Waals surface area contributed by atoms with Gasteiger partial charge in [0.15, 0.2) is 0 Å². The summed E-state index contributed by atoms with van der Waals surface area (Å²) in [4.78, 5) is 0.122. The number of anilines is 1. The highest BCUT2D eigenvalue weighted by Crippen LogP contribution is 2.29. The molecule has 1 aromatic carbocycles. The van der Waals surface area contributed by atoms with Crippen molar-refractivity contribution in [2.75, 3.05) is 5.32 Å². The Kier molecular flexibility index (Phi) is 3.14. The summed E-state index contributed by atoms with van der Waals surface area (Å²) >= 11 is 5.82. The molecule has 0 saturated heterocycles. The topological polar surface area (TPSA) is 70.6 Å². The van der Waals surface area contributed by atoms with E-state index in [1.54, 1.807) is 12.1 Å². The van der Waals surface area contributed by atoms with Gasteiger partial charge in [-0.1, -0.05) is 24.4 Å². The lowest BCUT2D eigenvalue weighted by Crippen LogP contribution is -2.40. The molecule has 1 heterocycles. The molecule has 1 fully saturated rings. The van der Waals surface area contributed by atoms with Crippen molar-refractivity contribution in [3.8, 4) is 0 Å². The second-order valence-corrected chi connectivity index (χ2v) is 6.82. The van der Waals surface area contributed by atoms with Crippen LogP contribution in [-0.4, -0.2) is 20.4 Å². The van der Waals surface area contributed by atoms with E-state index in [0.717, 1.165) is 12.8 Å². The fourth-order valence-corrected chi connectivity index (χ4v) is 3.81. The Morgan fingerprint density at radius 2 is 2.05 bits per heavy atom. The number of benzene rings is 1. The molecule has 0 aromatic heterocycles. The van der Waals surface area contributed by atoms with E-state index >= 15 is 0 Å². The van der Waals surface area contributed by atoms with E-state index in [2.05, 4.69) is 15.0 Å². The van der Waals surface area contributed by atoms with E-state index in [9.17, 15) is 8.42 Å². The lowest BCUT2D eigenvalue weighted by Gasteiger charge is -2.21. The summed E-state index contributed by atoms with van der Waals surface area (Å²) in [7, 11) is -3.68. The summed E-state index contributed by atoms with van der Waals surface area (Å²) in [6.45, 7) is 0. The van der Waals surface area contributed by atoms with Gasteiger partial charge in [0.25, 0.3) is 10.0 Å². The fourth-order valence-electron chi connectivity index (χ4n) is 2.46. The average Bonchev–Trinajstić information content (AvgIpc) is 2.82. The molecule has 1 aliphatic carbocycles. The highest BCUT2D eigenvalue weighted by molar-refractivity contribution is 7.90. The zero-order chi connectivity index (χ0) is 13.5. The van der Waals surface area contributed by atoms with Crippen LogP contribution in [0.25, 0.3) is 0 Å². The molecule has 1 aromatic rings. The van der Waals surface area contributed by atoms with Crippen molar-refractivity contribution in [2.45, 2.75) is 36.6 Å². The molecule has 1 aliphatic heterocycles. The first-order valence-electron chi connectivity index (χ1n) is 6.23. The molecule has 0 unspecified atom stereocenters. The standard InChI is InChI=1S/C12H14ClN3O2S/c13-8-5-6-10-11(7-8)19(17,18)16-12(15-10)14-9-3-1-2-4-9/h5-7,9H,1-4H2,(H2,14,15,16). The Bertz CT molecular complexity index is 636. The molecule has 0 radical (unpaired) electrons. The lowest BCUT2D eigenvalue weighted by atomic mass is 10.2. The van der Waals surface area contributed by atoms with Crippen LogP contribution in [0.4, 0.5) is 5.69 Å². The van der Waals surface area contributed by atoms with Crippen molar-refractivity contribution in [3.05, 3.63) is 23.2 Å². The van der Waals surface area contributed by atoms with Gasteiger partial charge >= 0.3 is 0 Å². The molecule has 19 heavy (non-hydrogen) atoms. The summed E-state index contributed by atoms with van der Waals surface area (Å²) in [5, 5.41) is 6.54. The summed E-state index contributed by atoms with van der Waals surface area (Å²) in [6.07, 6.45) is 4.44. The van der Waals surface area contributed by atoms with Gasteiger partial charge in [-0.3, -0.25) is 0 Å². The number of nitrogens with one attached hydrogen (secondary N) is 2. The predicted octanol–water partition coefficient (Wildman–Crippen LogP) is 2.34. The first-order valence-corrected chi connectivity index (χ1v) is 8.04. The Balaban J connectivity index is 1.91. The quantitative estimate of drug-likeness (QED) is 0.835. The minimum absolute atomic E-state index is 0.122. The molecule has 0 bridgehead atoms. The SMILES string of the molecule is O=S1(=O)N=C(NC2CCCC2)Nc2ccc(Cl)cc21. The van der Waals surface area contributed by atoms with Gasteiger partial charge in [-0.25, -0.2) is 0 Å². The molecule has 1 saturated carbocycles. The van der Waals surface area contributed by atoms with Crippen LogP contribution >= 0.6 is 11.6 Å². The first-order chi connectivity index (χ1) is 9.04. The van der Waals surface area contributed by atoms with Gasteiger partial charge in [0, 0.05) is 11.1 Å². The van der Waals surface area contributed by atoms with Gasteiger partial charge in [0.1, 0.15) is 4.90 Å². The Labute approximate surface area is 117 Å². The summed E-state index contributed by atoms with van der Waals surface area (Å²) in [5.41, 5.74) is 0.514. The normalized spacial score (nSPS) is 21.4. The third kappa shape index (κ3) is 2.55. The van der Waals surface area contributed by atoms with Gasteiger partial charge in [-0.05, 0) is 31.0 Å². The van der Waals surface area contributed by atoms with Crippen molar-refractivity contribution < 1.29 is 8.42 Å². The Hall–Kier alpha value is -1.27. The van der Waals surface area contributed by atoms with Gasteiger partial charge in [-0.15, -0.1) is 4.40 Å². The third-order valence-corrected chi connectivity index (χ3v) is 4.93. The van der Waals surface area contributed by atoms with Crippen LogP contribution in [0.15, 0.2) is 27.5 Å². The second-order valence-electron chi connectivity index (χ2n) is 4.81. The van der Waals surface area contributed by atoms with Crippen molar-refractivity contribution in [1.29, 1.82) is 0 Å². The van der Waals surface area contributed by atoms with E-state index in [4.69, 9.17) is 11.6 Å². The van der Waals surface area contributed by atoms with Crippen LogP contribution in [0.5, 0.6) is 0 Å². The number of hydrogen-bond acceptors (Lipinski definition) is 4. The van der Waals surface area contributed by atoms with Gasteiger partial charge in [-0.2, -0.15) is 8.42 Å². The van der Waals surface area contributed by atoms with Crippen LogP contribution < -0.4 is 10.6 Å². The molecule has 7 heteroatoms. The monoisotopic (exact) mass is 299 g/mol. The maximum atomic E-state index is 12.1. The van der Waals surface area contributed by atoms with Crippen molar-refractivity contribution in [2.24, 2.45) is 4.40 Å². The van der Waals surface area contributed by atoms with Crippen molar-refractivity contribution >= 4 is 33.3 Å². The van der Waals surface area contributed by atoms with Crippen LogP contribution in [0.1, 0.15) is 25.7 Å². The minimum atomic E-state index is -3.68. The van der Waals surface area contributed by atoms with Crippen LogP contribution in [0.2, 0.25) is 5.02 Å². The Morgan fingerprint density at radius 1 is 1.32 bits per heavy atom. The molecule has 0 atom stereocenters. The summed E-state index contributed by atoms with van der Waals surface area (Å²) in [6, 6.07) is 5.02. The number of halogens is 1. The summed E-state index contributed by atoms with van der Waals surface area (Å²) in [5.74, 6) is 0.307. The van der Waals surface area contributed by atoms with Gasteiger partial charge in [0.2, 0.25) is 5.96 Å². The number of fused-ring (bicyclic) bond motifs is 1. The lowest BCUT2D eigenvalue weighted by molar-refractivity contribution is 0.595. The number of guanidine groups is 1. The molecule has 5 nitrogen and oxygen atoms in total. The number of sulfonamides is 1. The Morgan fingerprint density at radius 3 is 2.79 bits per heavy atom. The number of hydrogen-bond donors (Lipinski definition) is 2. The van der Waals surface area contributed by atoms with E-state index in [1.165, 1.54) is 18.9 Å². The predicted molar refractivity (Wildman–Crippen MR) is 75.1 cm³/mol. The van der Waals surface area contributed by atoms with E-state index < -0.39 is 10.0 Å². The zero-order valence-electron chi connectivity index (χ0n) is 10.2. The van der Waals surface area contributed by atoms with Crippen molar-refractivity contribution in [3.63, 3.8) is 0 Å². The maximum absolute atomic E-state index is 12.1. The smallest absolute Gasteiger partial charge is 0.287 e. The van der Waals surface area contributed by atoms with Crippen LogP contribution in [0.3, 0.4) is 0 Å². The van der Waals surface area contributed by atoms with Gasteiger partial charge < -0.3 is 10.6 Å². The fraction of sp³-hybridized carbons (Fsp3) is 0.417. The second kappa shape index (κ2) is 4.68. The summed E-state index contributed by atoms with van der Waals surface area (Å²) < 4.78 is 27.9. The van der Waals surface area contributed by atoms with E-state index in [1.807, 2.05) is 0 Å². The highest BCUT2D eigenvalue weighted by atomic mass is 35.5. The molecule has 2 aliphatic rings. The van der Waals surface area contributed by atoms with E-state index in [-0.39, 0.29) is 4.90 Å². The largest absolute Gasteiger partial charge is 0.352 e. The molecule has 102 valence electrons. The zero-order valence-corrected chi connectivity index (χ0v) is 11.8.